The molecule has 1 aromatic rings. The number of carbonyl (C=O) groups is 2. The van der Waals surface area contributed by atoms with Crippen molar-refractivity contribution >= 4 is 17.5 Å². The van der Waals surface area contributed by atoms with Gasteiger partial charge in [0.25, 0.3) is 0 Å². The molecule has 1 aromatic carbocycles. The minimum atomic E-state index is -0.419. The number of nitrogens with zero attached hydrogens (tertiary/aromatic N) is 1. The highest BCUT2D eigenvalue weighted by Crippen LogP contribution is 2.40. The Labute approximate surface area is 110 Å². The number of hydrogen-bond donors (Lipinski definition) is 1. The monoisotopic (exact) mass is 262 g/mol. The van der Waals surface area contributed by atoms with Crippen molar-refractivity contribution in [2.24, 2.45) is 11.8 Å². The Morgan fingerprint density at radius 2 is 1.84 bits per heavy atom. The Balaban J connectivity index is 1.84. The average Bonchev–Trinajstić information content (AvgIpc) is 2.92. The van der Waals surface area contributed by atoms with Crippen LogP contribution >= 0.6 is 0 Å². The van der Waals surface area contributed by atoms with Crippen LogP contribution in [0.15, 0.2) is 18.2 Å². The number of benzene rings is 1. The van der Waals surface area contributed by atoms with Gasteiger partial charge < -0.3 is 5.73 Å². The molecule has 0 bridgehead atoms. The Kier molecular flexibility index (Phi) is 2.77. The van der Waals surface area contributed by atoms with Crippen molar-refractivity contribution in [1.29, 1.82) is 0 Å². The van der Waals surface area contributed by atoms with Crippen LogP contribution in [0.5, 0.6) is 0 Å². The summed E-state index contributed by atoms with van der Waals surface area (Å²) in [5, 5.41) is 0. The molecule has 2 amide bonds. The molecule has 0 aromatic heterocycles. The van der Waals surface area contributed by atoms with Crippen LogP contribution in [-0.2, 0) is 16.1 Å². The van der Waals surface area contributed by atoms with Gasteiger partial charge in [0.05, 0.1) is 18.4 Å². The van der Waals surface area contributed by atoms with E-state index in [4.69, 9.17) is 5.73 Å². The lowest BCUT2D eigenvalue weighted by atomic mass is 10.00. The molecule has 1 heterocycles. The predicted molar refractivity (Wildman–Crippen MR) is 67.2 cm³/mol. The molecule has 4 nitrogen and oxygen atoms in total. The highest BCUT2D eigenvalue weighted by Gasteiger charge is 2.49. The maximum Gasteiger partial charge on any atom is 0.233 e. The van der Waals surface area contributed by atoms with Gasteiger partial charge in [0.15, 0.2) is 0 Å². The summed E-state index contributed by atoms with van der Waals surface area (Å²) in [7, 11) is 0. The zero-order valence-electron chi connectivity index (χ0n) is 10.4. The molecule has 2 N–H and O–H groups in total. The summed E-state index contributed by atoms with van der Waals surface area (Å²) in [6.45, 7) is 0.150. The van der Waals surface area contributed by atoms with E-state index in [0.29, 0.717) is 5.56 Å². The Bertz CT molecular complexity index is 536. The van der Waals surface area contributed by atoms with E-state index in [1.54, 1.807) is 0 Å². The van der Waals surface area contributed by atoms with Crippen LogP contribution in [0.2, 0.25) is 0 Å². The molecular weight excluding hydrogens is 247 g/mol. The third-order valence-electron chi connectivity index (χ3n) is 4.12. The Hall–Kier alpha value is -1.91. The summed E-state index contributed by atoms with van der Waals surface area (Å²) in [4.78, 5) is 25.6. The van der Waals surface area contributed by atoms with Crippen LogP contribution in [0.1, 0.15) is 24.8 Å². The van der Waals surface area contributed by atoms with Gasteiger partial charge in [-0.1, -0.05) is 12.5 Å². The van der Waals surface area contributed by atoms with Crippen molar-refractivity contribution in [2.75, 3.05) is 5.73 Å². The summed E-state index contributed by atoms with van der Waals surface area (Å²) in [5.41, 5.74) is 6.61. The van der Waals surface area contributed by atoms with Gasteiger partial charge in [0, 0.05) is 5.69 Å². The fourth-order valence-electron chi connectivity index (χ4n) is 3.10. The molecule has 3 rings (SSSR count). The number of amides is 2. The number of nitrogens with two attached hydrogens (primary N) is 1. The van der Waals surface area contributed by atoms with Gasteiger partial charge in [-0.25, -0.2) is 4.39 Å². The molecule has 2 atom stereocenters. The Morgan fingerprint density at radius 1 is 1.21 bits per heavy atom. The van der Waals surface area contributed by atoms with Crippen LogP contribution in [-0.4, -0.2) is 16.7 Å². The molecule has 1 aliphatic carbocycles. The first-order valence-corrected chi connectivity index (χ1v) is 6.47. The standard InChI is InChI=1S/C14H15FN2O2/c15-9-5-4-8(12(16)6-9)7-17-13(18)10-2-1-3-11(10)14(17)19/h4-6,10-11H,1-3,7,16H2. The number of nitrogen functional groups attached to an aromatic ring is 1. The number of fused-ring (bicyclic) bond motifs is 1. The second kappa shape index (κ2) is 4.33. The molecule has 2 fully saturated rings. The molecule has 100 valence electrons. The van der Waals surface area contributed by atoms with E-state index in [9.17, 15) is 14.0 Å². The molecule has 0 radical (unpaired) electrons. The third kappa shape index (κ3) is 1.89. The summed E-state index contributed by atoms with van der Waals surface area (Å²) < 4.78 is 13.0. The van der Waals surface area contributed by atoms with Crippen LogP contribution in [0.3, 0.4) is 0 Å². The van der Waals surface area contributed by atoms with Gasteiger partial charge in [-0.2, -0.15) is 0 Å². The van der Waals surface area contributed by atoms with E-state index >= 15 is 0 Å². The predicted octanol–water partition coefficient (Wildman–Crippen LogP) is 1.69. The normalized spacial score (nSPS) is 26.1. The van der Waals surface area contributed by atoms with Crippen LogP contribution in [0.4, 0.5) is 10.1 Å². The van der Waals surface area contributed by atoms with Gasteiger partial charge in [-0.05, 0) is 30.5 Å². The van der Waals surface area contributed by atoms with Crippen molar-refractivity contribution in [2.45, 2.75) is 25.8 Å². The molecule has 2 unspecified atom stereocenters. The Morgan fingerprint density at radius 3 is 2.42 bits per heavy atom. The second-order valence-electron chi connectivity index (χ2n) is 5.25. The quantitative estimate of drug-likeness (QED) is 0.651. The van der Waals surface area contributed by atoms with Crippen molar-refractivity contribution in [3.8, 4) is 0 Å². The number of carbonyl (C=O) groups excluding carboxylic acids is 2. The van der Waals surface area contributed by atoms with E-state index in [-0.39, 0.29) is 35.9 Å². The van der Waals surface area contributed by atoms with Gasteiger partial charge in [-0.3, -0.25) is 14.5 Å². The molecule has 2 aliphatic rings. The number of anilines is 1. The smallest absolute Gasteiger partial charge is 0.233 e. The molecule has 5 heteroatoms. The lowest BCUT2D eigenvalue weighted by Gasteiger charge is -2.17. The summed E-state index contributed by atoms with van der Waals surface area (Å²) in [5.74, 6) is -0.909. The molecule has 1 aliphatic heterocycles. The number of hydrogen-bond acceptors (Lipinski definition) is 3. The molecule has 19 heavy (non-hydrogen) atoms. The number of rotatable bonds is 2. The SMILES string of the molecule is Nc1cc(F)ccc1CN1C(=O)C2CCCC2C1=O. The van der Waals surface area contributed by atoms with Gasteiger partial charge in [0.2, 0.25) is 11.8 Å². The van der Waals surface area contributed by atoms with Gasteiger partial charge in [-0.15, -0.1) is 0 Å². The number of halogens is 1. The maximum absolute atomic E-state index is 13.0. The summed E-state index contributed by atoms with van der Waals surface area (Å²) >= 11 is 0. The zero-order chi connectivity index (χ0) is 13.6. The van der Waals surface area contributed by atoms with Crippen molar-refractivity contribution in [1.82, 2.24) is 4.90 Å². The van der Waals surface area contributed by atoms with Crippen LogP contribution in [0, 0.1) is 17.7 Å². The van der Waals surface area contributed by atoms with Gasteiger partial charge in [0.1, 0.15) is 5.82 Å². The first kappa shape index (κ1) is 12.1. The largest absolute Gasteiger partial charge is 0.398 e. The molecule has 0 spiro atoms. The van der Waals surface area contributed by atoms with Gasteiger partial charge >= 0.3 is 0 Å². The van der Waals surface area contributed by atoms with E-state index in [2.05, 4.69) is 0 Å². The van der Waals surface area contributed by atoms with Crippen molar-refractivity contribution in [3.05, 3.63) is 29.6 Å². The zero-order valence-corrected chi connectivity index (χ0v) is 10.4. The fourth-order valence-corrected chi connectivity index (χ4v) is 3.10. The highest BCUT2D eigenvalue weighted by molar-refractivity contribution is 6.05. The average molecular weight is 262 g/mol. The van der Waals surface area contributed by atoms with E-state index in [0.717, 1.165) is 19.3 Å². The lowest BCUT2D eigenvalue weighted by molar-refractivity contribution is -0.141. The summed E-state index contributed by atoms with van der Waals surface area (Å²) in [6, 6.07) is 4.03. The second-order valence-corrected chi connectivity index (χ2v) is 5.25. The molecule has 1 saturated carbocycles. The van der Waals surface area contributed by atoms with Crippen molar-refractivity contribution < 1.29 is 14.0 Å². The van der Waals surface area contributed by atoms with E-state index < -0.39 is 5.82 Å². The van der Waals surface area contributed by atoms with E-state index in [1.807, 2.05) is 0 Å². The number of imide groups is 1. The minimum absolute atomic E-state index is 0.101. The molecule has 1 saturated heterocycles. The number of likely N-dealkylation sites (tertiary alicyclic amines) is 1. The van der Waals surface area contributed by atoms with Crippen LogP contribution in [0.25, 0.3) is 0 Å². The maximum atomic E-state index is 13.0. The fraction of sp³-hybridized carbons (Fsp3) is 0.429. The highest BCUT2D eigenvalue weighted by atomic mass is 19.1. The van der Waals surface area contributed by atoms with Crippen LogP contribution < -0.4 is 5.73 Å². The summed E-state index contributed by atoms with van der Waals surface area (Å²) in [6.07, 6.45) is 2.54. The van der Waals surface area contributed by atoms with E-state index in [1.165, 1.54) is 23.1 Å². The first-order valence-electron chi connectivity index (χ1n) is 6.47. The molecular formula is C14H15FN2O2. The lowest BCUT2D eigenvalue weighted by Crippen LogP contribution is -2.31. The van der Waals surface area contributed by atoms with Crippen molar-refractivity contribution in [3.63, 3.8) is 0 Å². The third-order valence-corrected chi connectivity index (χ3v) is 4.12. The minimum Gasteiger partial charge on any atom is -0.398 e. The topological polar surface area (TPSA) is 63.4 Å². The first-order chi connectivity index (χ1) is 9.08.